The van der Waals surface area contributed by atoms with Crippen molar-refractivity contribution in [2.45, 2.75) is 76.5 Å². The minimum Gasteiger partial charge on any atom is -0.508 e. The number of nitrogens with one attached hydrogen (secondary N) is 1. The lowest BCUT2D eigenvalue weighted by atomic mass is 9.96. The van der Waals surface area contributed by atoms with Crippen molar-refractivity contribution in [3.8, 4) is 5.75 Å². The molecule has 270 valence electrons. The second-order valence-corrected chi connectivity index (χ2v) is 14.8. The Morgan fingerprint density at radius 3 is 2.14 bits per heavy atom. The first-order valence-electron chi connectivity index (χ1n) is 18.5. The van der Waals surface area contributed by atoms with Crippen LogP contribution in [0.1, 0.15) is 49.8 Å². The number of rotatable bonds is 14. The maximum Gasteiger partial charge on any atom is 0.312 e. The van der Waals surface area contributed by atoms with E-state index in [0.29, 0.717) is 57.9 Å². The molecule has 4 amide bonds. The highest BCUT2D eigenvalue weighted by Gasteiger charge is 2.43. The molecule has 0 radical (unpaired) electrons. The predicted molar refractivity (Wildman–Crippen MR) is 196 cm³/mol. The summed E-state index contributed by atoms with van der Waals surface area (Å²) < 4.78 is 0. The smallest absolute Gasteiger partial charge is 0.312 e. The van der Waals surface area contributed by atoms with E-state index in [4.69, 9.17) is 0 Å². The topological polar surface area (TPSA) is 113 Å². The molecule has 3 aromatic rings. The van der Waals surface area contributed by atoms with E-state index in [1.54, 1.807) is 17.0 Å². The Morgan fingerprint density at radius 1 is 0.765 bits per heavy atom. The van der Waals surface area contributed by atoms with Crippen molar-refractivity contribution in [3.05, 3.63) is 102 Å². The number of likely N-dealkylation sites (tertiary alicyclic amines) is 1. The van der Waals surface area contributed by atoms with Gasteiger partial charge in [0, 0.05) is 44.8 Å². The molecule has 3 aromatic carbocycles. The van der Waals surface area contributed by atoms with E-state index in [0.717, 1.165) is 42.5 Å². The summed E-state index contributed by atoms with van der Waals surface area (Å²) in [5.41, 5.74) is 3.21. The van der Waals surface area contributed by atoms with Crippen LogP contribution in [0.25, 0.3) is 0 Å². The second-order valence-electron chi connectivity index (χ2n) is 14.8. The van der Waals surface area contributed by atoms with Gasteiger partial charge in [0.25, 0.3) is 0 Å². The number of hydrogen-bond acceptors (Lipinski definition) is 6. The fourth-order valence-electron chi connectivity index (χ4n) is 8.07. The Labute approximate surface area is 301 Å². The molecule has 3 heterocycles. The normalized spacial score (nSPS) is 22.2. The lowest BCUT2D eigenvalue weighted by Crippen LogP contribution is -2.64. The van der Waals surface area contributed by atoms with Crippen LogP contribution in [0, 0.1) is 5.92 Å². The van der Waals surface area contributed by atoms with E-state index in [-0.39, 0.29) is 29.9 Å². The molecule has 6 rings (SSSR count). The molecule has 3 aliphatic heterocycles. The maximum absolute atomic E-state index is 14.1. The van der Waals surface area contributed by atoms with Crippen LogP contribution in [-0.2, 0) is 38.4 Å². The van der Waals surface area contributed by atoms with Crippen LogP contribution in [0.15, 0.2) is 84.9 Å². The first-order valence-corrected chi connectivity index (χ1v) is 18.5. The van der Waals surface area contributed by atoms with Crippen LogP contribution in [0.4, 0.5) is 0 Å². The van der Waals surface area contributed by atoms with E-state index in [2.05, 4.69) is 48.3 Å². The summed E-state index contributed by atoms with van der Waals surface area (Å²) >= 11 is 0. The minimum absolute atomic E-state index is 0.00451. The van der Waals surface area contributed by atoms with Crippen molar-refractivity contribution in [2.24, 2.45) is 5.92 Å². The van der Waals surface area contributed by atoms with Crippen LogP contribution in [0.5, 0.6) is 5.75 Å². The summed E-state index contributed by atoms with van der Waals surface area (Å²) in [6, 6.07) is 26.6. The number of phenolic OH excluding ortho intramolecular Hbond substituents is 1. The van der Waals surface area contributed by atoms with Crippen LogP contribution < -0.4 is 5.32 Å². The maximum atomic E-state index is 14.1. The third kappa shape index (κ3) is 8.97. The van der Waals surface area contributed by atoms with Gasteiger partial charge in [-0.05, 0) is 79.8 Å². The lowest BCUT2D eigenvalue weighted by Gasteiger charge is -2.46. The highest BCUT2D eigenvalue weighted by molar-refractivity contribution is 6.36. The predicted octanol–water partition coefficient (Wildman–Crippen LogP) is 3.67. The molecule has 0 aliphatic carbocycles. The van der Waals surface area contributed by atoms with Gasteiger partial charge in [-0.1, -0.05) is 86.6 Å². The van der Waals surface area contributed by atoms with Crippen molar-refractivity contribution in [2.75, 3.05) is 39.3 Å². The summed E-state index contributed by atoms with van der Waals surface area (Å²) in [5, 5.41) is 12.5. The van der Waals surface area contributed by atoms with Crippen LogP contribution >= 0.6 is 0 Å². The number of benzene rings is 3. The molecule has 2 N–H and O–H groups in total. The van der Waals surface area contributed by atoms with Gasteiger partial charge in [-0.3, -0.25) is 24.1 Å². The number of hydrogen-bond donors (Lipinski definition) is 2. The first-order chi connectivity index (χ1) is 24.7. The highest BCUT2D eigenvalue weighted by atomic mass is 16.3. The molecule has 10 nitrogen and oxygen atoms in total. The molecule has 0 aromatic heterocycles. The fourth-order valence-corrected chi connectivity index (χ4v) is 8.07. The molecule has 0 bridgehead atoms. The Bertz CT molecular complexity index is 1650. The quantitative estimate of drug-likeness (QED) is 0.250. The van der Waals surface area contributed by atoms with Gasteiger partial charge in [0.2, 0.25) is 0 Å². The van der Waals surface area contributed by atoms with E-state index >= 15 is 0 Å². The molecule has 10 heteroatoms. The van der Waals surface area contributed by atoms with Gasteiger partial charge >= 0.3 is 23.6 Å². The van der Waals surface area contributed by atoms with Gasteiger partial charge in [0.15, 0.2) is 0 Å². The Morgan fingerprint density at radius 2 is 1.45 bits per heavy atom. The molecule has 0 saturated carbocycles. The third-order valence-electron chi connectivity index (χ3n) is 10.7. The standard InChI is InChI=1S/C41H51N5O5/c1-29(2)22-35-28-46(41(51)40(50)44(35)21-19-30-10-5-3-6-11-30)36(24-31-12-7-4-8-13-31)26-43-20-9-14-33(43)27-45-34(25-42-38(48)39(45)49)23-32-15-17-37(47)18-16-32/h3-8,10-13,15-18,29,33-36,47H,9,14,19-28H2,1-2H3,(H,42,48)/t33-,34+,35+,36+/m1/s1. The third-order valence-corrected chi connectivity index (χ3v) is 10.7. The highest BCUT2D eigenvalue weighted by Crippen LogP contribution is 2.27. The summed E-state index contributed by atoms with van der Waals surface area (Å²) in [6.45, 7) is 7.44. The largest absolute Gasteiger partial charge is 0.508 e. The van der Waals surface area contributed by atoms with Crippen LogP contribution in [0.3, 0.4) is 0 Å². The minimum atomic E-state index is -0.589. The molecule has 4 atom stereocenters. The van der Waals surface area contributed by atoms with Crippen molar-refractivity contribution in [1.82, 2.24) is 24.9 Å². The molecule has 3 saturated heterocycles. The van der Waals surface area contributed by atoms with E-state index in [1.165, 1.54) is 0 Å². The summed E-state index contributed by atoms with van der Waals surface area (Å²) in [5.74, 6) is -1.46. The molecule has 0 spiro atoms. The fraction of sp³-hybridized carbons (Fsp3) is 0.463. The Kier molecular flexibility index (Phi) is 11.7. The molecule has 0 unspecified atom stereocenters. The van der Waals surface area contributed by atoms with E-state index < -0.39 is 23.6 Å². The number of nitrogens with zero attached hydrogens (tertiary/aromatic N) is 4. The molecular formula is C41H51N5O5. The first kappa shape index (κ1) is 36.1. The zero-order chi connectivity index (χ0) is 35.9. The molecule has 51 heavy (non-hydrogen) atoms. The molecular weight excluding hydrogens is 642 g/mol. The van der Waals surface area contributed by atoms with Gasteiger partial charge < -0.3 is 25.1 Å². The van der Waals surface area contributed by atoms with Crippen LogP contribution in [0.2, 0.25) is 0 Å². The summed E-state index contributed by atoms with van der Waals surface area (Å²) in [7, 11) is 0. The van der Waals surface area contributed by atoms with Crippen LogP contribution in [-0.4, -0.2) is 112 Å². The molecule has 3 fully saturated rings. The Balaban J connectivity index is 1.22. The number of amides is 4. The monoisotopic (exact) mass is 693 g/mol. The van der Waals surface area contributed by atoms with Gasteiger partial charge in [0.1, 0.15) is 5.75 Å². The van der Waals surface area contributed by atoms with Gasteiger partial charge in [-0.25, -0.2) is 0 Å². The zero-order valence-electron chi connectivity index (χ0n) is 29.8. The summed E-state index contributed by atoms with van der Waals surface area (Å²) in [6.07, 6.45) is 4.46. The summed E-state index contributed by atoms with van der Waals surface area (Å²) in [4.78, 5) is 61.7. The second kappa shape index (κ2) is 16.5. The van der Waals surface area contributed by atoms with Crippen molar-refractivity contribution in [1.29, 1.82) is 0 Å². The average Bonchev–Trinajstić information content (AvgIpc) is 3.57. The van der Waals surface area contributed by atoms with Crippen molar-refractivity contribution in [3.63, 3.8) is 0 Å². The number of carbonyl (C=O) groups excluding carboxylic acids is 4. The SMILES string of the molecule is CC(C)C[C@H]1CN([C@@H](Cc2ccccc2)CN2CCC[C@@H]2CN2C(=O)C(=O)NC[C@@H]2Cc2ccc(O)cc2)C(=O)C(=O)N1CCc1ccccc1. The number of phenols is 1. The number of piperazine rings is 2. The average molecular weight is 694 g/mol. The van der Waals surface area contributed by atoms with E-state index in [9.17, 15) is 24.3 Å². The van der Waals surface area contributed by atoms with E-state index in [1.807, 2.05) is 58.3 Å². The van der Waals surface area contributed by atoms with Crippen molar-refractivity contribution >= 4 is 23.6 Å². The number of aromatic hydroxyl groups is 1. The van der Waals surface area contributed by atoms with Gasteiger partial charge in [-0.2, -0.15) is 0 Å². The lowest BCUT2D eigenvalue weighted by molar-refractivity contribution is -0.161. The molecule has 3 aliphatic rings. The van der Waals surface area contributed by atoms with Crippen molar-refractivity contribution < 1.29 is 24.3 Å². The Hall–Kier alpha value is -4.70. The van der Waals surface area contributed by atoms with Gasteiger partial charge in [-0.15, -0.1) is 0 Å². The number of carbonyl (C=O) groups is 4. The van der Waals surface area contributed by atoms with Gasteiger partial charge in [0.05, 0.1) is 12.1 Å². The zero-order valence-corrected chi connectivity index (χ0v) is 29.8.